The molecule has 2 heterocycles. The van der Waals surface area contributed by atoms with Crippen molar-refractivity contribution >= 4 is 40.7 Å². The molecule has 1 fully saturated rings. The lowest BCUT2D eigenvalue weighted by molar-refractivity contribution is -0.123. The molecular formula is C30H25ClN2O4S. The van der Waals surface area contributed by atoms with Crippen molar-refractivity contribution in [2.45, 2.75) is 24.3 Å². The molecule has 5 rings (SSSR count). The number of phenolic OH excluding ortho intramolecular Hbond substituents is 1. The number of hydrogen-bond donors (Lipinski definition) is 2. The summed E-state index contributed by atoms with van der Waals surface area (Å²) in [4.78, 5) is 31.1. The molecule has 192 valence electrons. The average Bonchev–Trinajstić information content (AvgIpc) is 2.93. The third-order valence-electron chi connectivity index (χ3n) is 6.59. The molecule has 38 heavy (non-hydrogen) atoms. The van der Waals surface area contributed by atoms with Gasteiger partial charge in [0.05, 0.1) is 12.1 Å². The lowest BCUT2D eigenvalue weighted by Gasteiger charge is -2.47. The smallest absolute Gasteiger partial charge is 0.243 e. The van der Waals surface area contributed by atoms with Crippen molar-refractivity contribution in [2.24, 2.45) is 0 Å². The van der Waals surface area contributed by atoms with E-state index >= 15 is 0 Å². The number of thioether (sulfide) groups is 1. The van der Waals surface area contributed by atoms with Crippen molar-refractivity contribution in [1.82, 2.24) is 4.98 Å². The molecule has 1 saturated heterocycles. The van der Waals surface area contributed by atoms with Gasteiger partial charge in [-0.15, -0.1) is 11.8 Å². The average molecular weight is 545 g/mol. The highest BCUT2D eigenvalue weighted by atomic mass is 35.5. The third-order valence-corrected chi connectivity index (χ3v) is 8.17. The highest BCUT2D eigenvalue weighted by Crippen LogP contribution is 2.46. The molecule has 0 saturated carbocycles. The first kappa shape index (κ1) is 26.0. The summed E-state index contributed by atoms with van der Waals surface area (Å²) in [7, 11) is 0. The van der Waals surface area contributed by atoms with E-state index in [9.17, 15) is 19.8 Å². The zero-order valence-electron chi connectivity index (χ0n) is 20.5. The maximum absolute atomic E-state index is 13.4. The molecule has 0 aliphatic carbocycles. The van der Waals surface area contributed by atoms with Crippen molar-refractivity contribution in [3.63, 3.8) is 0 Å². The number of phenols is 1. The van der Waals surface area contributed by atoms with Gasteiger partial charge in [0.1, 0.15) is 11.0 Å². The van der Waals surface area contributed by atoms with Crippen molar-refractivity contribution < 1.29 is 19.8 Å². The number of pyridine rings is 1. The van der Waals surface area contributed by atoms with Crippen LogP contribution in [-0.2, 0) is 4.79 Å². The summed E-state index contributed by atoms with van der Waals surface area (Å²) in [6, 6.07) is 23.0. The summed E-state index contributed by atoms with van der Waals surface area (Å²) in [6.45, 7) is 1.51. The number of Topliss-reactive ketones (excluding diaryl/α,β-unsaturated/α-hetero) is 1. The van der Waals surface area contributed by atoms with E-state index in [0.717, 1.165) is 27.9 Å². The molecular weight excluding hydrogens is 520 g/mol. The maximum Gasteiger partial charge on any atom is 0.243 e. The largest absolute Gasteiger partial charge is 0.508 e. The Morgan fingerprint density at radius 1 is 1.00 bits per heavy atom. The Morgan fingerprint density at radius 3 is 2.34 bits per heavy atom. The molecule has 2 N–H and O–H groups in total. The van der Waals surface area contributed by atoms with E-state index in [2.05, 4.69) is 4.98 Å². The number of aliphatic hydroxyl groups excluding tert-OH is 1. The zero-order valence-corrected chi connectivity index (χ0v) is 22.1. The second-order valence-corrected chi connectivity index (χ2v) is 10.7. The summed E-state index contributed by atoms with van der Waals surface area (Å²) in [5.74, 6) is 0.394. The third kappa shape index (κ3) is 5.31. The highest BCUT2D eigenvalue weighted by Gasteiger charge is 2.49. The number of aromatic hydroxyl groups is 1. The summed E-state index contributed by atoms with van der Waals surface area (Å²) in [6.07, 6.45) is 2.51. The molecule has 3 atom stereocenters. The van der Waals surface area contributed by atoms with E-state index < -0.39 is 11.4 Å². The van der Waals surface area contributed by atoms with Gasteiger partial charge in [0.25, 0.3) is 0 Å². The normalized spacial score (nSPS) is 17.7. The summed E-state index contributed by atoms with van der Waals surface area (Å²) in [5, 5.41) is 20.7. The van der Waals surface area contributed by atoms with Crippen molar-refractivity contribution in [3.05, 3.63) is 113 Å². The Labute approximate surface area is 229 Å². The number of aliphatic hydroxyl groups is 1. The summed E-state index contributed by atoms with van der Waals surface area (Å²) >= 11 is 7.37. The standard InChI is InChI=1S/C30H25ClN2O4S/c1-18(34)22-14-23(16-32-15-22)19-4-10-25(11-5-19)33-28(21-6-12-26(35)13-7-21)29(30(33)37)38-17-27(36)20-2-8-24(31)9-3-20/h2-16,27-29,35-36H,17H2,1H3/t27-,28-,29-/m1/s1. The van der Waals surface area contributed by atoms with Gasteiger partial charge in [0.2, 0.25) is 5.91 Å². The van der Waals surface area contributed by atoms with Crippen molar-refractivity contribution in [2.75, 3.05) is 10.7 Å². The quantitative estimate of drug-likeness (QED) is 0.202. The molecule has 0 bridgehead atoms. The van der Waals surface area contributed by atoms with Gasteiger partial charge in [-0.2, -0.15) is 0 Å². The number of ketones is 1. The van der Waals surface area contributed by atoms with Crippen LogP contribution in [0.25, 0.3) is 11.1 Å². The lowest BCUT2D eigenvalue weighted by atomic mass is 9.92. The minimum Gasteiger partial charge on any atom is -0.508 e. The van der Waals surface area contributed by atoms with Gasteiger partial charge in [0, 0.05) is 40.0 Å². The van der Waals surface area contributed by atoms with E-state index in [-0.39, 0.29) is 23.5 Å². The fourth-order valence-electron chi connectivity index (χ4n) is 4.49. The summed E-state index contributed by atoms with van der Waals surface area (Å²) < 4.78 is 0. The van der Waals surface area contributed by atoms with Gasteiger partial charge in [-0.3, -0.25) is 14.6 Å². The minimum atomic E-state index is -0.738. The maximum atomic E-state index is 13.4. The lowest BCUT2D eigenvalue weighted by Crippen LogP contribution is -2.57. The van der Waals surface area contributed by atoms with Crippen LogP contribution in [0.5, 0.6) is 5.75 Å². The number of nitrogens with zero attached hydrogens (tertiary/aromatic N) is 2. The molecule has 1 amide bonds. The fraction of sp³-hybridized carbons (Fsp3) is 0.167. The second-order valence-electron chi connectivity index (χ2n) is 9.13. The molecule has 4 aromatic rings. The van der Waals surface area contributed by atoms with E-state index in [4.69, 9.17) is 11.6 Å². The number of carbonyl (C=O) groups is 2. The van der Waals surface area contributed by atoms with E-state index in [0.29, 0.717) is 16.3 Å². The van der Waals surface area contributed by atoms with Crippen LogP contribution in [0.3, 0.4) is 0 Å². The molecule has 0 spiro atoms. The number of carbonyl (C=O) groups excluding carboxylic acids is 2. The minimum absolute atomic E-state index is 0.0515. The Bertz CT molecular complexity index is 1460. The number of hydrogen-bond acceptors (Lipinski definition) is 6. The van der Waals surface area contributed by atoms with Crippen molar-refractivity contribution in [1.29, 1.82) is 0 Å². The molecule has 1 aliphatic rings. The topological polar surface area (TPSA) is 90.7 Å². The first-order chi connectivity index (χ1) is 18.3. The van der Waals surface area contributed by atoms with Gasteiger partial charge in [-0.1, -0.05) is 48.0 Å². The van der Waals surface area contributed by atoms with Crippen LogP contribution in [0.15, 0.2) is 91.3 Å². The Hall–Kier alpha value is -3.65. The molecule has 0 unspecified atom stereocenters. The van der Waals surface area contributed by atoms with Crippen LogP contribution >= 0.6 is 23.4 Å². The molecule has 3 aromatic carbocycles. The first-order valence-electron chi connectivity index (χ1n) is 12.1. The first-order valence-corrected chi connectivity index (χ1v) is 13.5. The number of amides is 1. The van der Waals surface area contributed by atoms with E-state index in [1.54, 1.807) is 59.8 Å². The monoisotopic (exact) mass is 544 g/mol. The number of halogens is 1. The SMILES string of the molecule is CC(=O)c1cncc(-c2ccc(N3C(=O)[C@H](SC[C@@H](O)c4ccc(Cl)cc4)[C@H]3c3ccc(O)cc3)cc2)c1. The molecule has 1 aliphatic heterocycles. The second kappa shape index (κ2) is 11.0. The van der Waals surface area contributed by atoms with Crippen LogP contribution in [0.1, 0.15) is 40.6 Å². The number of rotatable bonds is 8. The molecule has 1 aromatic heterocycles. The van der Waals surface area contributed by atoms with Crippen LogP contribution in [0.4, 0.5) is 5.69 Å². The van der Waals surface area contributed by atoms with Crippen LogP contribution in [0.2, 0.25) is 5.02 Å². The van der Waals surface area contributed by atoms with E-state index in [1.807, 2.05) is 36.4 Å². The van der Waals surface area contributed by atoms with Gasteiger partial charge in [-0.05, 0) is 66.1 Å². The Kier molecular flexibility index (Phi) is 7.51. The van der Waals surface area contributed by atoms with Crippen LogP contribution in [0, 0.1) is 0 Å². The highest BCUT2D eigenvalue weighted by molar-refractivity contribution is 8.00. The predicted octanol–water partition coefficient (Wildman–Crippen LogP) is 6.23. The molecule has 8 heteroatoms. The van der Waals surface area contributed by atoms with E-state index in [1.165, 1.54) is 18.7 Å². The zero-order chi connectivity index (χ0) is 26.8. The number of benzene rings is 3. The number of aromatic nitrogens is 1. The van der Waals surface area contributed by atoms with Crippen LogP contribution < -0.4 is 4.90 Å². The number of β-lactam (4-membered cyclic amide) rings is 1. The van der Waals surface area contributed by atoms with Crippen LogP contribution in [-0.4, -0.2) is 37.9 Å². The Morgan fingerprint density at radius 2 is 1.68 bits per heavy atom. The fourth-order valence-corrected chi connectivity index (χ4v) is 5.91. The Balaban J connectivity index is 1.38. The molecule has 6 nitrogen and oxygen atoms in total. The number of anilines is 1. The van der Waals surface area contributed by atoms with Crippen molar-refractivity contribution in [3.8, 4) is 16.9 Å². The molecule has 0 radical (unpaired) electrons. The van der Waals surface area contributed by atoms with Gasteiger partial charge in [-0.25, -0.2) is 0 Å². The van der Waals surface area contributed by atoms with Gasteiger partial charge < -0.3 is 15.1 Å². The van der Waals surface area contributed by atoms with Gasteiger partial charge >= 0.3 is 0 Å². The predicted molar refractivity (Wildman–Crippen MR) is 151 cm³/mol. The van der Waals surface area contributed by atoms with Gasteiger partial charge in [0.15, 0.2) is 5.78 Å². The summed E-state index contributed by atoms with van der Waals surface area (Å²) in [5.41, 5.74) is 4.61.